The molecule has 0 spiro atoms. The van der Waals surface area contributed by atoms with Crippen LogP contribution in [0, 0.1) is 11.7 Å². The second-order valence-corrected chi connectivity index (χ2v) is 7.36. The maximum Gasteiger partial charge on any atom is 0.325 e. The van der Waals surface area contributed by atoms with Crippen LogP contribution in [0.2, 0.25) is 0 Å². The van der Waals surface area contributed by atoms with Gasteiger partial charge < -0.3 is 15.0 Å². The highest BCUT2D eigenvalue weighted by atomic mass is 19.1. The van der Waals surface area contributed by atoms with Gasteiger partial charge in [-0.05, 0) is 69.1 Å². The van der Waals surface area contributed by atoms with Crippen molar-refractivity contribution in [1.82, 2.24) is 10.2 Å². The first kappa shape index (κ1) is 21.8. The van der Waals surface area contributed by atoms with Crippen molar-refractivity contribution in [3.05, 3.63) is 59.9 Å². The lowest BCUT2D eigenvalue weighted by Crippen LogP contribution is -2.44. The van der Waals surface area contributed by atoms with Gasteiger partial charge in [0, 0.05) is 12.5 Å². The number of amides is 3. The third kappa shape index (κ3) is 6.29. The van der Waals surface area contributed by atoms with E-state index >= 15 is 0 Å². The number of hydrogen-bond donors (Lipinski definition) is 2. The van der Waals surface area contributed by atoms with E-state index in [4.69, 9.17) is 4.74 Å². The predicted molar refractivity (Wildman–Crippen MR) is 114 cm³/mol. The van der Waals surface area contributed by atoms with Crippen LogP contribution in [0.1, 0.15) is 25.3 Å². The normalized spacial score (nSPS) is 14.9. The molecule has 2 N–H and O–H groups in total. The van der Waals surface area contributed by atoms with E-state index < -0.39 is 6.03 Å². The third-order valence-corrected chi connectivity index (χ3v) is 5.26. The van der Waals surface area contributed by atoms with Gasteiger partial charge in [0.25, 0.3) is 0 Å². The molecule has 6 nitrogen and oxygen atoms in total. The Balaban J connectivity index is 1.41. The lowest BCUT2D eigenvalue weighted by molar-refractivity contribution is -0.125. The molecule has 0 saturated carbocycles. The Bertz CT molecular complexity index is 849. The molecule has 1 heterocycles. The smallest absolute Gasteiger partial charge is 0.325 e. The molecule has 0 unspecified atom stereocenters. The number of carbonyl (C=O) groups excluding carboxylic acids is 2. The first-order valence-electron chi connectivity index (χ1n) is 10.4. The van der Waals surface area contributed by atoms with Crippen LogP contribution in [0.15, 0.2) is 48.5 Å². The summed E-state index contributed by atoms with van der Waals surface area (Å²) in [6.45, 7) is 4.82. The molecule has 3 amide bonds. The molecule has 3 rings (SSSR count). The number of piperidine rings is 1. The van der Waals surface area contributed by atoms with Gasteiger partial charge in [0.2, 0.25) is 5.91 Å². The van der Waals surface area contributed by atoms with E-state index in [0.717, 1.165) is 31.6 Å². The van der Waals surface area contributed by atoms with Gasteiger partial charge in [-0.1, -0.05) is 24.3 Å². The number of para-hydroxylation sites is 2. The topological polar surface area (TPSA) is 70.7 Å². The number of rotatable bonds is 7. The van der Waals surface area contributed by atoms with Crippen LogP contribution in [-0.4, -0.2) is 43.1 Å². The monoisotopic (exact) mass is 413 g/mol. The van der Waals surface area contributed by atoms with Crippen LogP contribution in [0.3, 0.4) is 0 Å². The summed E-state index contributed by atoms with van der Waals surface area (Å²) < 4.78 is 18.5. The summed E-state index contributed by atoms with van der Waals surface area (Å²) in [6, 6.07) is 13.1. The Hall–Kier alpha value is -2.93. The molecule has 160 valence electrons. The number of anilines is 1. The van der Waals surface area contributed by atoms with Gasteiger partial charge in [-0.2, -0.15) is 0 Å². The minimum atomic E-state index is -0.550. The molecular weight excluding hydrogens is 385 g/mol. The summed E-state index contributed by atoms with van der Waals surface area (Å²) in [5.41, 5.74) is 1.63. The number of likely N-dealkylation sites (tertiary alicyclic amines) is 1. The number of imide groups is 1. The molecule has 30 heavy (non-hydrogen) atoms. The molecule has 2 aromatic carbocycles. The second-order valence-electron chi connectivity index (χ2n) is 7.36. The van der Waals surface area contributed by atoms with Crippen LogP contribution in [0.25, 0.3) is 0 Å². The highest BCUT2D eigenvalue weighted by molar-refractivity contribution is 6.02. The van der Waals surface area contributed by atoms with Crippen LogP contribution >= 0.6 is 0 Å². The molecule has 1 aliphatic rings. The predicted octanol–water partition coefficient (Wildman–Crippen LogP) is 3.83. The molecule has 0 bridgehead atoms. The van der Waals surface area contributed by atoms with Gasteiger partial charge in [0.05, 0.1) is 12.3 Å². The lowest BCUT2D eigenvalue weighted by Gasteiger charge is -2.31. The van der Waals surface area contributed by atoms with Gasteiger partial charge >= 0.3 is 6.03 Å². The first-order chi connectivity index (χ1) is 14.5. The Morgan fingerprint density at radius 1 is 1.10 bits per heavy atom. The van der Waals surface area contributed by atoms with Crippen molar-refractivity contribution in [2.24, 2.45) is 5.92 Å². The molecule has 0 atom stereocenters. The fourth-order valence-electron chi connectivity index (χ4n) is 3.58. The average molecular weight is 413 g/mol. The number of ether oxygens (including phenoxy) is 1. The molecule has 1 aliphatic heterocycles. The quantitative estimate of drug-likeness (QED) is 0.724. The van der Waals surface area contributed by atoms with Crippen molar-refractivity contribution in [2.45, 2.75) is 26.2 Å². The van der Waals surface area contributed by atoms with Gasteiger partial charge in [-0.15, -0.1) is 0 Å². The molecule has 1 saturated heterocycles. The highest BCUT2D eigenvalue weighted by Crippen LogP contribution is 2.23. The molecular formula is C23H28FN3O3. The zero-order chi connectivity index (χ0) is 21.3. The zero-order valence-corrected chi connectivity index (χ0v) is 17.2. The van der Waals surface area contributed by atoms with Crippen LogP contribution in [0.5, 0.6) is 5.75 Å². The summed E-state index contributed by atoms with van der Waals surface area (Å²) in [5, 5.41) is 5.13. The van der Waals surface area contributed by atoms with E-state index in [1.807, 2.05) is 13.0 Å². The molecule has 7 heteroatoms. The van der Waals surface area contributed by atoms with E-state index in [-0.39, 0.29) is 17.6 Å². The number of nitrogens with one attached hydrogen (secondary N) is 2. The number of halogens is 1. The molecule has 0 radical (unpaired) electrons. The summed E-state index contributed by atoms with van der Waals surface area (Å²) in [7, 11) is 0. The Morgan fingerprint density at radius 3 is 2.50 bits per heavy atom. The lowest BCUT2D eigenvalue weighted by atomic mass is 9.95. The van der Waals surface area contributed by atoms with Crippen molar-refractivity contribution < 1.29 is 18.7 Å². The average Bonchev–Trinajstić information content (AvgIpc) is 2.75. The van der Waals surface area contributed by atoms with Crippen LogP contribution < -0.4 is 15.4 Å². The van der Waals surface area contributed by atoms with Gasteiger partial charge in [0.1, 0.15) is 11.6 Å². The summed E-state index contributed by atoms with van der Waals surface area (Å²) in [4.78, 5) is 27.0. The van der Waals surface area contributed by atoms with Gasteiger partial charge in [-0.3, -0.25) is 10.1 Å². The van der Waals surface area contributed by atoms with E-state index in [0.29, 0.717) is 30.9 Å². The van der Waals surface area contributed by atoms with Crippen LogP contribution in [0.4, 0.5) is 14.9 Å². The van der Waals surface area contributed by atoms with E-state index in [9.17, 15) is 14.0 Å². The van der Waals surface area contributed by atoms with E-state index in [1.54, 1.807) is 30.3 Å². The maximum absolute atomic E-state index is 13.0. The standard InChI is InChI=1S/C23H28FN3O3/c1-2-30-21-6-4-3-5-20(21)25-23(29)26-22(28)18-12-15-27(16-13-18)14-11-17-7-9-19(24)10-8-17/h3-10,18H,2,11-16H2,1H3,(H2,25,26,28,29). The number of hydrogen-bond acceptors (Lipinski definition) is 4. The summed E-state index contributed by atoms with van der Waals surface area (Å²) >= 11 is 0. The van der Waals surface area contributed by atoms with Gasteiger partial charge in [-0.25, -0.2) is 9.18 Å². The minimum absolute atomic E-state index is 0.181. The Morgan fingerprint density at radius 2 is 1.80 bits per heavy atom. The largest absolute Gasteiger partial charge is 0.492 e. The number of carbonyl (C=O) groups is 2. The fraction of sp³-hybridized carbons (Fsp3) is 0.391. The van der Waals surface area contributed by atoms with Crippen molar-refractivity contribution in [2.75, 3.05) is 31.6 Å². The number of urea groups is 1. The van der Waals surface area contributed by atoms with E-state index in [1.165, 1.54) is 12.1 Å². The maximum atomic E-state index is 13.0. The zero-order valence-electron chi connectivity index (χ0n) is 17.2. The number of nitrogens with zero attached hydrogens (tertiary/aromatic N) is 1. The van der Waals surface area contributed by atoms with Crippen molar-refractivity contribution >= 4 is 17.6 Å². The number of benzene rings is 2. The van der Waals surface area contributed by atoms with Crippen molar-refractivity contribution in [3.8, 4) is 5.75 Å². The van der Waals surface area contributed by atoms with E-state index in [2.05, 4.69) is 15.5 Å². The minimum Gasteiger partial charge on any atom is -0.492 e. The second kappa shape index (κ2) is 10.7. The summed E-state index contributed by atoms with van der Waals surface area (Å²) in [6.07, 6.45) is 2.26. The molecule has 0 aliphatic carbocycles. The fourth-order valence-corrected chi connectivity index (χ4v) is 3.58. The van der Waals surface area contributed by atoms with Crippen LogP contribution in [-0.2, 0) is 11.2 Å². The van der Waals surface area contributed by atoms with Gasteiger partial charge in [0.15, 0.2) is 0 Å². The third-order valence-electron chi connectivity index (χ3n) is 5.26. The summed E-state index contributed by atoms with van der Waals surface area (Å²) in [5.74, 6) is -0.0902. The van der Waals surface area contributed by atoms with Crippen molar-refractivity contribution in [1.29, 1.82) is 0 Å². The first-order valence-corrected chi connectivity index (χ1v) is 10.4. The SMILES string of the molecule is CCOc1ccccc1NC(=O)NC(=O)C1CCN(CCc2ccc(F)cc2)CC1. The molecule has 0 aromatic heterocycles. The Labute approximate surface area is 176 Å². The molecule has 1 fully saturated rings. The highest BCUT2D eigenvalue weighted by Gasteiger charge is 2.26. The Kier molecular flexibility index (Phi) is 7.79. The molecule has 2 aromatic rings. The van der Waals surface area contributed by atoms with Crippen molar-refractivity contribution in [3.63, 3.8) is 0 Å².